The summed E-state index contributed by atoms with van der Waals surface area (Å²) in [6.07, 6.45) is 6.04. The molecule has 4 nitrogen and oxygen atoms in total. The van der Waals surface area contributed by atoms with E-state index < -0.39 is 0 Å². The van der Waals surface area contributed by atoms with Crippen LogP contribution in [0, 0.1) is 11.8 Å². The van der Waals surface area contributed by atoms with Gasteiger partial charge in [0.05, 0.1) is 6.04 Å². The zero-order valence-corrected chi connectivity index (χ0v) is 7.56. The van der Waals surface area contributed by atoms with Crippen LogP contribution in [0.1, 0.15) is 18.9 Å². The number of hydrogen-bond donors (Lipinski definition) is 1. The van der Waals surface area contributed by atoms with Crippen LogP contribution in [-0.4, -0.2) is 27.9 Å². The lowest BCUT2D eigenvalue weighted by Crippen LogP contribution is -2.14. The van der Waals surface area contributed by atoms with Crippen molar-refractivity contribution in [2.75, 3.05) is 13.1 Å². The quantitative estimate of drug-likeness (QED) is 0.679. The zero-order valence-electron chi connectivity index (χ0n) is 7.56. The lowest BCUT2D eigenvalue weighted by Gasteiger charge is -2.10. The van der Waals surface area contributed by atoms with Gasteiger partial charge in [0.1, 0.15) is 12.7 Å². The van der Waals surface area contributed by atoms with Gasteiger partial charge in [-0.15, -0.1) is 0 Å². The van der Waals surface area contributed by atoms with Crippen molar-refractivity contribution >= 4 is 0 Å². The van der Waals surface area contributed by atoms with Gasteiger partial charge in [0.15, 0.2) is 0 Å². The van der Waals surface area contributed by atoms with E-state index in [-0.39, 0.29) is 0 Å². The van der Waals surface area contributed by atoms with Gasteiger partial charge in [0, 0.05) is 0 Å². The summed E-state index contributed by atoms with van der Waals surface area (Å²) in [6.45, 7) is 2.41. The van der Waals surface area contributed by atoms with Crippen LogP contribution in [0.3, 0.4) is 0 Å². The topological polar surface area (TPSA) is 42.7 Å². The summed E-state index contributed by atoms with van der Waals surface area (Å²) in [5.74, 6) is 1.77. The summed E-state index contributed by atoms with van der Waals surface area (Å²) in [5.41, 5.74) is 0. The Bertz CT molecular complexity index is 270. The molecule has 1 aromatic heterocycles. The molecule has 4 heteroatoms. The average molecular weight is 178 g/mol. The SMILES string of the molecule is c1ncn(C2CC3CNCC3C2)n1. The monoisotopic (exact) mass is 178 g/mol. The number of aromatic nitrogens is 3. The lowest BCUT2D eigenvalue weighted by atomic mass is 10.0. The molecule has 13 heavy (non-hydrogen) atoms. The Morgan fingerprint density at radius 1 is 1.23 bits per heavy atom. The van der Waals surface area contributed by atoms with E-state index in [1.807, 2.05) is 11.0 Å². The highest BCUT2D eigenvalue weighted by atomic mass is 15.3. The van der Waals surface area contributed by atoms with Crippen LogP contribution >= 0.6 is 0 Å². The maximum atomic E-state index is 4.21. The van der Waals surface area contributed by atoms with Crippen molar-refractivity contribution in [3.05, 3.63) is 12.7 Å². The third-order valence-corrected chi connectivity index (χ3v) is 3.44. The first kappa shape index (κ1) is 7.50. The van der Waals surface area contributed by atoms with Crippen LogP contribution in [0.4, 0.5) is 0 Å². The Hall–Kier alpha value is -0.900. The first-order valence-corrected chi connectivity index (χ1v) is 4.98. The molecule has 2 unspecified atom stereocenters. The van der Waals surface area contributed by atoms with Crippen LogP contribution in [0.25, 0.3) is 0 Å². The zero-order chi connectivity index (χ0) is 8.67. The van der Waals surface area contributed by atoms with Crippen LogP contribution in [0.2, 0.25) is 0 Å². The highest BCUT2D eigenvalue weighted by molar-refractivity contribution is 4.92. The molecule has 2 fully saturated rings. The Labute approximate surface area is 77.4 Å². The van der Waals surface area contributed by atoms with E-state index in [9.17, 15) is 0 Å². The molecule has 70 valence electrons. The van der Waals surface area contributed by atoms with Crippen molar-refractivity contribution < 1.29 is 0 Å². The number of rotatable bonds is 1. The summed E-state index contributed by atoms with van der Waals surface area (Å²) >= 11 is 0. The molecule has 1 N–H and O–H groups in total. The lowest BCUT2D eigenvalue weighted by molar-refractivity contribution is 0.432. The minimum absolute atomic E-state index is 0.611. The molecular formula is C9H14N4. The predicted octanol–water partition coefficient (Wildman–Crippen LogP) is 0.449. The summed E-state index contributed by atoms with van der Waals surface area (Å²) in [4.78, 5) is 4.00. The van der Waals surface area contributed by atoms with Gasteiger partial charge in [-0.05, 0) is 37.8 Å². The number of fused-ring (bicyclic) bond motifs is 1. The molecule has 0 radical (unpaired) electrons. The van der Waals surface area contributed by atoms with Gasteiger partial charge in [-0.2, -0.15) is 5.10 Å². The van der Waals surface area contributed by atoms with Gasteiger partial charge >= 0.3 is 0 Å². The molecule has 0 spiro atoms. The molecule has 1 aromatic rings. The van der Waals surface area contributed by atoms with Gasteiger partial charge in [-0.25, -0.2) is 9.67 Å². The normalized spacial score (nSPS) is 38.0. The molecule has 0 aromatic carbocycles. The number of nitrogens with zero attached hydrogens (tertiary/aromatic N) is 3. The van der Waals surface area contributed by atoms with Crippen molar-refractivity contribution in [3.8, 4) is 0 Å². The molecule has 1 saturated carbocycles. The summed E-state index contributed by atoms with van der Waals surface area (Å²) in [7, 11) is 0. The minimum atomic E-state index is 0.611. The van der Waals surface area contributed by atoms with Gasteiger partial charge in [-0.3, -0.25) is 0 Å². The Morgan fingerprint density at radius 3 is 2.62 bits per heavy atom. The standard InChI is InChI=1S/C9H14N4/c1-7-3-10-4-8(7)2-9(1)13-6-11-5-12-13/h5-10H,1-4H2. The molecule has 0 bridgehead atoms. The van der Waals surface area contributed by atoms with Crippen molar-refractivity contribution in [2.24, 2.45) is 11.8 Å². The fourth-order valence-electron chi connectivity index (χ4n) is 2.76. The molecule has 1 aliphatic carbocycles. The van der Waals surface area contributed by atoms with Gasteiger partial charge in [-0.1, -0.05) is 0 Å². The van der Waals surface area contributed by atoms with E-state index in [2.05, 4.69) is 15.4 Å². The van der Waals surface area contributed by atoms with Crippen molar-refractivity contribution in [1.29, 1.82) is 0 Å². The highest BCUT2D eigenvalue weighted by Crippen LogP contribution is 2.40. The molecule has 1 aliphatic heterocycles. The molecular weight excluding hydrogens is 164 g/mol. The van der Waals surface area contributed by atoms with Crippen LogP contribution in [0.15, 0.2) is 12.7 Å². The predicted molar refractivity (Wildman–Crippen MR) is 48.1 cm³/mol. The smallest absolute Gasteiger partial charge is 0.137 e. The first-order chi connectivity index (χ1) is 6.43. The first-order valence-electron chi connectivity index (χ1n) is 4.98. The van der Waals surface area contributed by atoms with Crippen molar-refractivity contribution in [1.82, 2.24) is 20.1 Å². The number of hydrogen-bond acceptors (Lipinski definition) is 3. The van der Waals surface area contributed by atoms with Gasteiger partial charge in [0.2, 0.25) is 0 Å². The third kappa shape index (κ3) is 1.16. The maximum Gasteiger partial charge on any atom is 0.137 e. The van der Waals surface area contributed by atoms with Crippen LogP contribution in [-0.2, 0) is 0 Å². The fraction of sp³-hybridized carbons (Fsp3) is 0.778. The second-order valence-corrected chi connectivity index (χ2v) is 4.18. The molecule has 2 heterocycles. The molecule has 2 atom stereocenters. The van der Waals surface area contributed by atoms with Gasteiger partial charge < -0.3 is 5.32 Å². The van der Waals surface area contributed by atoms with E-state index >= 15 is 0 Å². The summed E-state index contributed by atoms with van der Waals surface area (Å²) in [6, 6.07) is 0.611. The third-order valence-electron chi connectivity index (χ3n) is 3.44. The summed E-state index contributed by atoms with van der Waals surface area (Å²) < 4.78 is 2.03. The number of nitrogens with one attached hydrogen (secondary N) is 1. The Balaban J connectivity index is 1.76. The van der Waals surface area contributed by atoms with E-state index in [0.717, 1.165) is 11.8 Å². The second kappa shape index (κ2) is 2.80. The van der Waals surface area contributed by atoms with E-state index in [4.69, 9.17) is 0 Å². The van der Waals surface area contributed by atoms with Crippen LogP contribution in [0.5, 0.6) is 0 Å². The van der Waals surface area contributed by atoms with Crippen molar-refractivity contribution in [3.63, 3.8) is 0 Å². The molecule has 0 amide bonds. The largest absolute Gasteiger partial charge is 0.316 e. The van der Waals surface area contributed by atoms with Crippen molar-refractivity contribution in [2.45, 2.75) is 18.9 Å². The summed E-state index contributed by atoms with van der Waals surface area (Å²) in [5, 5.41) is 7.66. The molecule has 1 saturated heterocycles. The molecule has 3 rings (SSSR count). The maximum absolute atomic E-state index is 4.21. The highest BCUT2D eigenvalue weighted by Gasteiger charge is 2.38. The van der Waals surface area contributed by atoms with E-state index in [1.54, 1.807) is 6.33 Å². The van der Waals surface area contributed by atoms with Gasteiger partial charge in [0.25, 0.3) is 0 Å². The van der Waals surface area contributed by atoms with E-state index in [0.29, 0.717) is 6.04 Å². The Kier molecular flexibility index (Phi) is 1.62. The minimum Gasteiger partial charge on any atom is -0.316 e. The average Bonchev–Trinajstić information content (AvgIpc) is 2.78. The second-order valence-electron chi connectivity index (χ2n) is 4.18. The molecule has 2 aliphatic rings. The van der Waals surface area contributed by atoms with E-state index in [1.165, 1.54) is 25.9 Å². The Morgan fingerprint density at radius 2 is 2.00 bits per heavy atom. The fourth-order valence-corrected chi connectivity index (χ4v) is 2.76. The van der Waals surface area contributed by atoms with Crippen LogP contribution < -0.4 is 5.32 Å².